The third-order valence-corrected chi connectivity index (χ3v) is 6.02. The number of rotatable bonds is 6. The van der Waals surface area contributed by atoms with Crippen LogP contribution in [0.5, 0.6) is 0 Å². The summed E-state index contributed by atoms with van der Waals surface area (Å²) in [6, 6.07) is 8.48. The van der Waals surface area contributed by atoms with Gasteiger partial charge in [0.15, 0.2) is 0 Å². The Bertz CT molecular complexity index is 734. The van der Waals surface area contributed by atoms with Gasteiger partial charge in [0, 0.05) is 24.5 Å². The summed E-state index contributed by atoms with van der Waals surface area (Å²) in [5, 5.41) is 15.7. The van der Waals surface area contributed by atoms with Crippen LogP contribution in [0.3, 0.4) is 0 Å². The molecule has 1 saturated heterocycles. The molecule has 1 N–H and O–H groups in total. The van der Waals surface area contributed by atoms with E-state index in [0.29, 0.717) is 11.8 Å². The number of thioether (sulfide) groups is 1. The number of carbonyl (C=O) groups is 1. The molecule has 7 nitrogen and oxygen atoms in total. The van der Waals surface area contributed by atoms with Crippen LogP contribution in [0.2, 0.25) is 0 Å². The molecule has 1 aliphatic carbocycles. The Morgan fingerprint density at radius 3 is 2.58 bits per heavy atom. The molecule has 0 bridgehead atoms. The van der Waals surface area contributed by atoms with Gasteiger partial charge in [-0.05, 0) is 60.4 Å². The van der Waals surface area contributed by atoms with Crippen LogP contribution in [0.4, 0.5) is 11.4 Å². The smallest absolute Gasteiger partial charge is 0.234 e. The zero-order valence-electron chi connectivity index (χ0n) is 14.8. The maximum absolute atomic E-state index is 12.3. The van der Waals surface area contributed by atoms with Crippen LogP contribution in [0.25, 0.3) is 0 Å². The van der Waals surface area contributed by atoms with Crippen molar-refractivity contribution >= 4 is 29.0 Å². The lowest BCUT2D eigenvalue weighted by atomic mass is 10.2. The Balaban J connectivity index is 1.29. The normalized spacial score (nSPS) is 17.8. The largest absolute Gasteiger partial charge is 0.372 e. The molecule has 138 valence electrons. The van der Waals surface area contributed by atoms with Crippen LogP contribution >= 0.6 is 11.8 Å². The topological polar surface area (TPSA) is 75.9 Å². The van der Waals surface area contributed by atoms with Crippen molar-refractivity contribution < 1.29 is 4.79 Å². The quantitative estimate of drug-likeness (QED) is 0.785. The molecule has 4 rings (SSSR count). The standard InChI is InChI=1S/C18H24N6OS/c25-17(13-26-18-20-21-22-24(18)16-5-1-2-6-16)19-14-7-9-15(10-8-14)23-11-3-4-12-23/h7-10,16H,1-6,11-13H2,(H,19,25). The van der Waals surface area contributed by atoms with Gasteiger partial charge in [-0.25, -0.2) is 4.68 Å². The molecule has 0 atom stereocenters. The van der Waals surface area contributed by atoms with E-state index in [9.17, 15) is 4.79 Å². The SMILES string of the molecule is O=C(CSc1nnnn1C1CCCC1)Nc1ccc(N2CCCC2)cc1. The first-order valence-electron chi connectivity index (χ1n) is 9.35. The first-order valence-corrected chi connectivity index (χ1v) is 10.3. The molecule has 2 aliphatic rings. The number of hydrogen-bond acceptors (Lipinski definition) is 6. The fraction of sp³-hybridized carbons (Fsp3) is 0.556. The Hall–Kier alpha value is -2.09. The molecule has 2 fully saturated rings. The first-order chi connectivity index (χ1) is 12.8. The van der Waals surface area contributed by atoms with E-state index in [2.05, 4.69) is 37.9 Å². The van der Waals surface area contributed by atoms with Gasteiger partial charge in [0.1, 0.15) is 0 Å². The second-order valence-corrected chi connectivity index (χ2v) is 7.86. The molecule has 0 unspecified atom stereocenters. The Kier molecular flexibility index (Phi) is 5.38. The van der Waals surface area contributed by atoms with Crippen molar-refractivity contribution in [1.82, 2.24) is 20.2 Å². The van der Waals surface area contributed by atoms with E-state index < -0.39 is 0 Å². The van der Waals surface area contributed by atoms with E-state index in [4.69, 9.17) is 0 Å². The van der Waals surface area contributed by atoms with Gasteiger partial charge < -0.3 is 10.2 Å². The number of tetrazole rings is 1. The zero-order chi connectivity index (χ0) is 17.8. The highest BCUT2D eigenvalue weighted by Crippen LogP contribution is 2.31. The third kappa shape index (κ3) is 4.00. The minimum Gasteiger partial charge on any atom is -0.372 e. The highest BCUT2D eigenvalue weighted by Gasteiger charge is 2.22. The molecule has 1 aromatic carbocycles. The van der Waals surface area contributed by atoms with E-state index in [1.165, 1.54) is 43.1 Å². The second kappa shape index (κ2) is 8.07. The van der Waals surface area contributed by atoms with Crippen LogP contribution in [-0.4, -0.2) is 45.0 Å². The van der Waals surface area contributed by atoms with Gasteiger partial charge in [0.25, 0.3) is 0 Å². The molecule has 8 heteroatoms. The summed E-state index contributed by atoms with van der Waals surface area (Å²) in [5.41, 5.74) is 2.06. The maximum Gasteiger partial charge on any atom is 0.234 e. The van der Waals surface area contributed by atoms with E-state index >= 15 is 0 Å². The van der Waals surface area contributed by atoms with Crippen LogP contribution in [0.1, 0.15) is 44.6 Å². The lowest BCUT2D eigenvalue weighted by molar-refractivity contribution is -0.113. The van der Waals surface area contributed by atoms with Crippen LogP contribution < -0.4 is 10.2 Å². The van der Waals surface area contributed by atoms with Crippen molar-refractivity contribution in [3.8, 4) is 0 Å². The van der Waals surface area contributed by atoms with Gasteiger partial charge in [-0.3, -0.25) is 4.79 Å². The van der Waals surface area contributed by atoms with Crippen LogP contribution in [-0.2, 0) is 4.79 Å². The molecular weight excluding hydrogens is 348 g/mol. The predicted octanol–water partition coefficient (Wildman–Crippen LogP) is 3.12. The summed E-state index contributed by atoms with van der Waals surface area (Å²) < 4.78 is 1.88. The summed E-state index contributed by atoms with van der Waals surface area (Å²) >= 11 is 1.40. The van der Waals surface area contributed by atoms with Crippen LogP contribution in [0.15, 0.2) is 29.4 Å². The molecule has 26 heavy (non-hydrogen) atoms. The highest BCUT2D eigenvalue weighted by atomic mass is 32.2. The van der Waals surface area contributed by atoms with Gasteiger partial charge in [-0.1, -0.05) is 24.6 Å². The molecule has 2 heterocycles. The lowest BCUT2D eigenvalue weighted by Crippen LogP contribution is -2.18. The summed E-state index contributed by atoms with van der Waals surface area (Å²) in [7, 11) is 0. The molecule has 0 radical (unpaired) electrons. The predicted molar refractivity (Wildman–Crippen MR) is 103 cm³/mol. The highest BCUT2D eigenvalue weighted by molar-refractivity contribution is 7.99. The van der Waals surface area contributed by atoms with Gasteiger partial charge in [0.2, 0.25) is 11.1 Å². The average molecular weight is 372 g/mol. The molecule has 1 saturated carbocycles. The van der Waals surface area contributed by atoms with Gasteiger partial charge in [0.05, 0.1) is 11.8 Å². The van der Waals surface area contributed by atoms with E-state index in [0.717, 1.165) is 36.8 Å². The fourth-order valence-corrected chi connectivity index (χ4v) is 4.46. The zero-order valence-corrected chi connectivity index (χ0v) is 15.6. The maximum atomic E-state index is 12.3. The number of nitrogens with one attached hydrogen (secondary N) is 1. The molecule has 2 aromatic rings. The van der Waals surface area contributed by atoms with E-state index in [1.54, 1.807) is 0 Å². The average Bonchev–Trinajstić information content (AvgIpc) is 3.42. The first kappa shape index (κ1) is 17.3. The summed E-state index contributed by atoms with van der Waals surface area (Å²) in [4.78, 5) is 14.6. The molecule has 1 amide bonds. The number of aromatic nitrogens is 4. The van der Waals surface area contributed by atoms with Crippen molar-refractivity contribution in [1.29, 1.82) is 0 Å². The number of hydrogen-bond donors (Lipinski definition) is 1. The summed E-state index contributed by atoms with van der Waals surface area (Å²) in [5.74, 6) is 0.269. The third-order valence-electron chi connectivity index (χ3n) is 5.09. The second-order valence-electron chi connectivity index (χ2n) is 6.92. The minimum atomic E-state index is -0.0371. The van der Waals surface area contributed by atoms with Crippen molar-refractivity contribution in [2.75, 3.05) is 29.1 Å². The summed E-state index contributed by atoms with van der Waals surface area (Å²) in [6.07, 6.45) is 7.21. The molecule has 1 aromatic heterocycles. The van der Waals surface area contributed by atoms with Gasteiger partial charge in [-0.15, -0.1) is 5.10 Å². The number of amides is 1. The van der Waals surface area contributed by atoms with Gasteiger partial charge in [-0.2, -0.15) is 0 Å². The van der Waals surface area contributed by atoms with Crippen molar-refractivity contribution in [2.24, 2.45) is 0 Å². The van der Waals surface area contributed by atoms with E-state index in [-0.39, 0.29) is 5.91 Å². The van der Waals surface area contributed by atoms with Crippen molar-refractivity contribution in [2.45, 2.75) is 49.7 Å². The lowest BCUT2D eigenvalue weighted by Gasteiger charge is -2.17. The van der Waals surface area contributed by atoms with Crippen molar-refractivity contribution in [3.63, 3.8) is 0 Å². The van der Waals surface area contributed by atoms with E-state index in [1.807, 2.05) is 16.8 Å². The van der Waals surface area contributed by atoms with Crippen molar-refractivity contribution in [3.05, 3.63) is 24.3 Å². The monoisotopic (exact) mass is 372 g/mol. The minimum absolute atomic E-state index is 0.0371. The molecular formula is C18H24N6OS. The number of anilines is 2. The fourth-order valence-electron chi connectivity index (χ4n) is 3.72. The Morgan fingerprint density at radius 2 is 1.85 bits per heavy atom. The Morgan fingerprint density at radius 1 is 1.12 bits per heavy atom. The number of carbonyl (C=O) groups excluding carboxylic acids is 1. The molecule has 0 spiro atoms. The number of benzene rings is 1. The Labute approximate surface area is 157 Å². The van der Waals surface area contributed by atoms with Gasteiger partial charge >= 0.3 is 0 Å². The number of nitrogens with zero attached hydrogens (tertiary/aromatic N) is 5. The van der Waals surface area contributed by atoms with Crippen LogP contribution in [0, 0.1) is 0 Å². The summed E-state index contributed by atoms with van der Waals surface area (Å²) in [6.45, 7) is 2.25. The molecule has 1 aliphatic heterocycles.